The molecule has 0 saturated carbocycles. The number of aliphatic imine (C=N–C) groups is 1. The fourth-order valence-corrected chi connectivity index (χ4v) is 3.78. The van der Waals surface area contributed by atoms with E-state index in [0.29, 0.717) is 0 Å². The van der Waals surface area contributed by atoms with Crippen molar-refractivity contribution in [2.45, 2.75) is 74.8 Å². The molecule has 2 aliphatic rings. The topological polar surface area (TPSA) is 39.4 Å². The van der Waals surface area contributed by atoms with E-state index in [9.17, 15) is 5.26 Å². The van der Waals surface area contributed by atoms with Gasteiger partial charge in [-0.3, -0.25) is 4.99 Å². The van der Waals surface area contributed by atoms with E-state index in [1.807, 2.05) is 0 Å². The Morgan fingerprint density at radius 1 is 1.00 bits per heavy atom. The Labute approximate surface area is 142 Å². The van der Waals surface area contributed by atoms with Crippen LogP contribution in [-0.2, 0) is 0 Å². The van der Waals surface area contributed by atoms with Crippen molar-refractivity contribution in [3.63, 3.8) is 0 Å². The smallest absolute Gasteiger partial charge is 0.109 e. The van der Waals surface area contributed by atoms with Crippen molar-refractivity contribution in [3.8, 4) is 6.07 Å². The second kappa shape index (κ2) is 5.36. The predicted octanol–water partition coefficient (Wildman–Crippen LogP) is 5.00. The van der Waals surface area contributed by atoms with Gasteiger partial charge in [0.15, 0.2) is 0 Å². The van der Waals surface area contributed by atoms with E-state index in [-0.39, 0.29) is 28.2 Å². The Bertz CT molecular complexity index is 582. The first-order valence-corrected chi connectivity index (χ1v) is 8.75. The zero-order valence-corrected chi connectivity index (χ0v) is 16.4. The minimum Gasteiger partial charge on any atom is -0.332 e. The molecular formula is C20H33N3. The molecule has 2 aliphatic heterocycles. The SMILES string of the molecule is CC(C)(C)C1=NC(C(C)(C)C)C(C(C)(C)C)=C2CC(C#N)CN12. The van der Waals surface area contributed by atoms with Crippen LogP contribution in [0.4, 0.5) is 0 Å². The summed E-state index contributed by atoms with van der Waals surface area (Å²) in [7, 11) is 0. The molecule has 2 rings (SSSR count). The average Bonchev–Trinajstić information content (AvgIpc) is 2.76. The third-order valence-corrected chi connectivity index (χ3v) is 4.74. The quantitative estimate of drug-likeness (QED) is 0.630. The van der Waals surface area contributed by atoms with Gasteiger partial charge in [-0.2, -0.15) is 5.26 Å². The third kappa shape index (κ3) is 3.32. The third-order valence-electron chi connectivity index (χ3n) is 4.74. The second-order valence-electron chi connectivity index (χ2n) is 10.2. The van der Waals surface area contributed by atoms with E-state index in [0.717, 1.165) is 18.8 Å². The number of nitrogens with zero attached hydrogens (tertiary/aromatic N) is 3. The Hall–Kier alpha value is -1.30. The van der Waals surface area contributed by atoms with Gasteiger partial charge in [-0.25, -0.2) is 0 Å². The van der Waals surface area contributed by atoms with Crippen molar-refractivity contribution < 1.29 is 0 Å². The lowest BCUT2D eigenvalue weighted by atomic mass is 9.70. The Morgan fingerprint density at radius 3 is 1.96 bits per heavy atom. The van der Waals surface area contributed by atoms with Gasteiger partial charge in [-0.1, -0.05) is 62.3 Å². The molecule has 0 aromatic rings. The fraction of sp³-hybridized carbons (Fsp3) is 0.800. The zero-order chi connectivity index (χ0) is 17.8. The second-order valence-corrected chi connectivity index (χ2v) is 10.2. The molecule has 0 N–H and O–H groups in total. The number of hydrogen-bond donors (Lipinski definition) is 0. The van der Waals surface area contributed by atoms with Gasteiger partial charge in [0, 0.05) is 24.1 Å². The number of allylic oxidation sites excluding steroid dienone is 1. The van der Waals surface area contributed by atoms with Crippen LogP contribution in [-0.4, -0.2) is 23.3 Å². The number of hydrogen-bond acceptors (Lipinski definition) is 3. The monoisotopic (exact) mass is 315 g/mol. The first kappa shape index (κ1) is 18.0. The minimum atomic E-state index is -0.0114. The summed E-state index contributed by atoms with van der Waals surface area (Å²) in [5, 5.41) is 9.48. The van der Waals surface area contributed by atoms with E-state index in [1.165, 1.54) is 11.3 Å². The van der Waals surface area contributed by atoms with Crippen molar-refractivity contribution in [1.82, 2.24) is 4.90 Å². The lowest BCUT2D eigenvalue weighted by Gasteiger charge is -2.45. The summed E-state index contributed by atoms with van der Waals surface area (Å²) >= 11 is 0. The van der Waals surface area contributed by atoms with E-state index < -0.39 is 0 Å². The van der Waals surface area contributed by atoms with Gasteiger partial charge in [-0.05, 0) is 16.4 Å². The van der Waals surface area contributed by atoms with E-state index in [1.54, 1.807) is 0 Å². The molecule has 0 aromatic heterocycles. The van der Waals surface area contributed by atoms with Crippen molar-refractivity contribution in [3.05, 3.63) is 11.3 Å². The summed E-state index contributed by atoms with van der Waals surface area (Å²) in [6, 6.07) is 2.67. The summed E-state index contributed by atoms with van der Waals surface area (Å²) < 4.78 is 0. The molecule has 2 atom stereocenters. The molecule has 1 saturated heterocycles. The van der Waals surface area contributed by atoms with Gasteiger partial charge in [0.25, 0.3) is 0 Å². The highest BCUT2D eigenvalue weighted by Crippen LogP contribution is 2.48. The summed E-state index contributed by atoms with van der Waals surface area (Å²) in [6.45, 7) is 21.1. The summed E-state index contributed by atoms with van der Waals surface area (Å²) in [5.74, 6) is 1.23. The van der Waals surface area contributed by atoms with Crippen LogP contribution in [0.15, 0.2) is 16.3 Å². The highest BCUT2D eigenvalue weighted by molar-refractivity contribution is 5.90. The Balaban J connectivity index is 2.69. The molecule has 2 heterocycles. The summed E-state index contributed by atoms with van der Waals surface area (Å²) in [4.78, 5) is 7.62. The van der Waals surface area contributed by atoms with Gasteiger partial charge < -0.3 is 4.90 Å². The maximum atomic E-state index is 9.48. The average molecular weight is 316 g/mol. The zero-order valence-electron chi connectivity index (χ0n) is 16.4. The van der Waals surface area contributed by atoms with Gasteiger partial charge in [0.1, 0.15) is 5.84 Å². The standard InChI is InChI=1S/C20H33N3/c1-18(2,3)15-14-10-13(11-21)12-23(14)17(20(7,8)9)22-16(15)19(4,5)6/h13,16H,10,12H2,1-9H3. The summed E-state index contributed by atoms with van der Waals surface area (Å²) in [6.07, 6.45) is 0.866. The molecule has 0 amide bonds. The van der Waals surface area contributed by atoms with Gasteiger partial charge in [-0.15, -0.1) is 0 Å². The number of fused-ring (bicyclic) bond motifs is 1. The molecule has 23 heavy (non-hydrogen) atoms. The van der Waals surface area contributed by atoms with Crippen molar-refractivity contribution >= 4 is 5.84 Å². The molecule has 3 heteroatoms. The van der Waals surface area contributed by atoms with E-state index in [4.69, 9.17) is 4.99 Å². The lowest BCUT2D eigenvalue weighted by Crippen LogP contribution is -2.47. The van der Waals surface area contributed by atoms with Crippen molar-refractivity contribution in [1.29, 1.82) is 5.26 Å². The summed E-state index contributed by atoms with van der Waals surface area (Å²) in [5.41, 5.74) is 2.91. The van der Waals surface area contributed by atoms with E-state index in [2.05, 4.69) is 73.3 Å². The molecule has 1 fully saturated rings. The first-order chi connectivity index (χ1) is 10.3. The van der Waals surface area contributed by atoms with Crippen LogP contribution < -0.4 is 0 Å². The van der Waals surface area contributed by atoms with Crippen LogP contribution in [0.3, 0.4) is 0 Å². The van der Waals surface area contributed by atoms with Crippen LogP contribution in [0.1, 0.15) is 68.7 Å². The van der Waals surface area contributed by atoms with Crippen LogP contribution in [0.5, 0.6) is 0 Å². The van der Waals surface area contributed by atoms with Crippen LogP contribution >= 0.6 is 0 Å². The normalized spacial score (nSPS) is 26.1. The van der Waals surface area contributed by atoms with Gasteiger partial charge in [0.2, 0.25) is 0 Å². The fourth-order valence-electron chi connectivity index (χ4n) is 3.78. The molecule has 2 unspecified atom stereocenters. The lowest BCUT2D eigenvalue weighted by molar-refractivity contribution is 0.285. The Kier molecular flexibility index (Phi) is 4.21. The molecule has 0 aromatic carbocycles. The molecule has 0 spiro atoms. The minimum absolute atomic E-state index is 0.0114. The molecular weight excluding hydrogens is 282 g/mol. The van der Waals surface area contributed by atoms with Gasteiger partial charge >= 0.3 is 0 Å². The first-order valence-electron chi connectivity index (χ1n) is 8.75. The maximum Gasteiger partial charge on any atom is 0.109 e. The van der Waals surface area contributed by atoms with E-state index >= 15 is 0 Å². The highest BCUT2D eigenvalue weighted by Gasteiger charge is 2.46. The number of nitriles is 1. The van der Waals surface area contributed by atoms with Crippen LogP contribution in [0, 0.1) is 33.5 Å². The molecule has 3 nitrogen and oxygen atoms in total. The molecule has 0 radical (unpaired) electrons. The van der Waals surface area contributed by atoms with Crippen molar-refractivity contribution in [2.75, 3.05) is 6.54 Å². The predicted molar refractivity (Wildman–Crippen MR) is 97.0 cm³/mol. The van der Waals surface area contributed by atoms with Crippen LogP contribution in [0.2, 0.25) is 0 Å². The molecule has 0 aliphatic carbocycles. The maximum absolute atomic E-state index is 9.48. The van der Waals surface area contributed by atoms with Gasteiger partial charge in [0.05, 0.1) is 18.0 Å². The Morgan fingerprint density at radius 2 is 1.57 bits per heavy atom. The highest BCUT2D eigenvalue weighted by atomic mass is 15.3. The number of amidine groups is 1. The molecule has 128 valence electrons. The number of rotatable bonds is 0. The molecule has 0 bridgehead atoms. The van der Waals surface area contributed by atoms with Crippen molar-refractivity contribution in [2.24, 2.45) is 27.2 Å². The largest absolute Gasteiger partial charge is 0.332 e. The van der Waals surface area contributed by atoms with Crippen LogP contribution in [0.25, 0.3) is 0 Å².